The van der Waals surface area contributed by atoms with Crippen molar-refractivity contribution in [1.29, 1.82) is 0 Å². The second-order valence-electron chi connectivity index (χ2n) is 4.84. The van der Waals surface area contributed by atoms with Crippen molar-refractivity contribution in [3.63, 3.8) is 0 Å². The van der Waals surface area contributed by atoms with Crippen molar-refractivity contribution in [2.75, 3.05) is 40.0 Å². The summed E-state index contributed by atoms with van der Waals surface area (Å²) in [5.41, 5.74) is 0. The Morgan fingerprint density at radius 1 is 1.56 bits per heavy atom. The van der Waals surface area contributed by atoms with E-state index in [9.17, 15) is 4.79 Å². The molecule has 0 saturated carbocycles. The van der Waals surface area contributed by atoms with Crippen LogP contribution < -0.4 is 0 Å². The molecule has 0 aromatic carbocycles. The van der Waals surface area contributed by atoms with Gasteiger partial charge in [0.15, 0.2) is 6.10 Å². The molecule has 0 amide bonds. The number of carbonyl (C=O) groups is 1. The minimum atomic E-state index is -0.859. The number of methoxy groups -OCH3 is 1. The van der Waals surface area contributed by atoms with Gasteiger partial charge in [0.1, 0.15) is 0 Å². The normalized spacial score (nSPS) is 22.9. The zero-order valence-electron chi connectivity index (χ0n) is 11.4. The molecule has 0 radical (unpaired) electrons. The quantitative estimate of drug-likeness (QED) is 0.710. The van der Waals surface area contributed by atoms with Gasteiger partial charge < -0.3 is 19.5 Å². The number of ether oxygens (including phenoxy) is 2. The van der Waals surface area contributed by atoms with Crippen LogP contribution in [0.2, 0.25) is 0 Å². The van der Waals surface area contributed by atoms with Crippen LogP contribution >= 0.6 is 0 Å². The van der Waals surface area contributed by atoms with Gasteiger partial charge in [-0.2, -0.15) is 0 Å². The highest BCUT2D eigenvalue weighted by Crippen LogP contribution is 2.17. The van der Waals surface area contributed by atoms with Gasteiger partial charge in [0.25, 0.3) is 0 Å². The van der Waals surface area contributed by atoms with Gasteiger partial charge in [-0.1, -0.05) is 0 Å². The molecule has 5 heteroatoms. The molecule has 0 aromatic heterocycles. The third-order valence-corrected chi connectivity index (χ3v) is 3.36. The second-order valence-corrected chi connectivity index (χ2v) is 4.84. The molecule has 1 heterocycles. The second kappa shape index (κ2) is 8.45. The fourth-order valence-corrected chi connectivity index (χ4v) is 2.51. The van der Waals surface area contributed by atoms with Crippen molar-refractivity contribution in [3.8, 4) is 0 Å². The van der Waals surface area contributed by atoms with Gasteiger partial charge >= 0.3 is 5.97 Å². The molecule has 2 atom stereocenters. The van der Waals surface area contributed by atoms with Crippen molar-refractivity contribution in [3.05, 3.63) is 0 Å². The summed E-state index contributed by atoms with van der Waals surface area (Å²) in [5.74, 6) is -0.276. The molecule has 106 valence electrons. The van der Waals surface area contributed by atoms with Gasteiger partial charge in [-0.05, 0) is 38.6 Å². The summed E-state index contributed by atoms with van der Waals surface area (Å²) in [6.45, 7) is 5.92. The molecule has 1 rings (SSSR count). The third-order valence-electron chi connectivity index (χ3n) is 3.36. The maximum Gasteiger partial charge on any atom is 0.332 e. The number of carboxylic acids is 1. The van der Waals surface area contributed by atoms with Gasteiger partial charge in [-0.3, -0.25) is 0 Å². The number of likely N-dealkylation sites (tertiary alicyclic amines) is 1. The van der Waals surface area contributed by atoms with Crippen LogP contribution in [0.1, 0.15) is 26.2 Å². The molecule has 0 bridgehead atoms. The van der Waals surface area contributed by atoms with Crippen LogP contribution in [0, 0.1) is 5.92 Å². The Balaban J connectivity index is 2.30. The van der Waals surface area contributed by atoms with E-state index in [2.05, 4.69) is 4.90 Å². The van der Waals surface area contributed by atoms with E-state index < -0.39 is 12.1 Å². The monoisotopic (exact) mass is 259 g/mol. The predicted molar refractivity (Wildman–Crippen MR) is 68.7 cm³/mol. The van der Waals surface area contributed by atoms with E-state index in [0.717, 1.165) is 26.2 Å². The Kier molecular flexibility index (Phi) is 7.23. The first-order chi connectivity index (χ1) is 8.67. The molecule has 1 saturated heterocycles. The summed E-state index contributed by atoms with van der Waals surface area (Å²) in [4.78, 5) is 13.3. The van der Waals surface area contributed by atoms with E-state index in [1.807, 2.05) is 6.92 Å². The van der Waals surface area contributed by atoms with Crippen LogP contribution in [-0.4, -0.2) is 62.0 Å². The Bertz CT molecular complexity index is 245. The number of rotatable bonds is 8. The molecule has 1 N–H and O–H groups in total. The van der Waals surface area contributed by atoms with E-state index in [1.54, 1.807) is 7.11 Å². The summed E-state index contributed by atoms with van der Waals surface area (Å²) in [7, 11) is 1.73. The SMILES string of the molecule is CCOC(CCN1CCCC(COC)C1)C(=O)O. The van der Waals surface area contributed by atoms with Gasteiger partial charge in [0, 0.05) is 26.8 Å². The average Bonchev–Trinajstić information content (AvgIpc) is 2.35. The first-order valence-corrected chi connectivity index (χ1v) is 6.73. The molecule has 1 fully saturated rings. The van der Waals surface area contributed by atoms with Gasteiger partial charge in [-0.25, -0.2) is 4.79 Å². The van der Waals surface area contributed by atoms with Crippen molar-refractivity contribution in [1.82, 2.24) is 4.90 Å². The van der Waals surface area contributed by atoms with E-state index in [1.165, 1.54) is 12.8 Å². The smallest absolute Gasteiger partial charge is 0.332 e. The standard InChI is InChI=1S/C13H25NO4/c1-3-18-12(13(15)16)6-8-14-7-4-5-11(9-14)10-17-2/h11-12H,3-10H2,1-2H3,(H,15,16). The first kappa shape index (κ1) is 15.4. The minimum Gasteiger partial charge on any atom is -0.479 e. The highest BCUT2D eigenvalue weighted by molar-refractivity contribution is 5.72. The van der Waals surface area contributed by atoms with Gasteiger partial charge in [0.2, 0.25) is 0 Å². The van der Waals surface area contributed by atoms with Crippen LogP contribution in [0.4, 0.5) is 0 Å². The Morgan fingerprint density at radius 3 is 2.94 bits per heavy atom. The van der Waals surface area contributed by atoms with Crippen molar-refractivity contribution in [2.45, 2.75) is 32.3 Å². The molecule has 18 heavy (non-hydrogen) atoms. The number of hydrogen-bond acceptors (Lipinski definition) is 4. The molecule has 2 unspecified atom stereocenters. The fourth-order valence-electron chi connectivity index (χ4n) is 2.51. The lowest BCUT2D eigenvalue weighted by Gasteiger charge is -2.32. The molecular formula is C13H25NO4. The largest absolute Gasteiger partial charge is 0.479 e. The molecular weight excluding hydrogens is 234 g/mol. The zero-order valence-corrected chi connectivity index (χ0v) is 11.4. The number of piperidine rings is 1. The molecule has 1 aliphatic heterocycles. The van der Waals surface area contributed by atoms with Gasteiger partial charge in [0.05, 0.1) is 6.61 Å². The summed E-state index contributed by atoms with van der Waals surface area (Å²) >= 11 is 0. The summed E-state index contributed by atoms with van der Waals surface area (Å²) in [6, 6.07) is 0. The average molecular weight is 259 g/mol. The molecule has 0 aromatic rings. The van der Waals surface area contributed by atoms with Crippen LogP contribution in [0.3, 0.4) is 0 Å². The van der Waals surface area contributed by atoms with E-state index in [-0.39, 0.29) is 0 Å². The van der Waals surface area contributed by atoms with Crippen LogP contribution in [0.15, 0.2) is 0 Å². The number of aliphatic carboxylic acids is 1. The van der Waals surface area contributed by atoms with E-state index in [0.29, 0.717) is 18.9 Å². The van der Waals surface area contributed by atoms with E-state index in [4.69, 9.17) is 14.6 Å². The number of hydrogen-bond donors (Lipinski definition) is 1. The molecule has 0 spiro atoms. The topological polar surface area (TPSA) is 59.0 Å². The van der Waals surface area contributed by atoms with Crippen molar-refractivity contribution >= 4 is 5.97 Å². The number of nitrogens with zero attached hydrogens (tertiary/aromatic N) is 1. The van der Waals surface area contributed by atoms with Crippen LogP contribution in [-0.2, 0) is 14.3 Å². The first-order valence-electron chi connectivity index (χ1n) is 6.73. The Morgan fingerprint density at radius 2 is 2.33 bits per heavy atom. The maximum absolute atomic E-state index is 11.0. The molecule has 5 nitrogen and oxygen atoms in total. The van der Waals surface area contributed by atoms with Gasteiger partial charge in [-0.15, -0.1) is 0 Å². The molecule has 1 aliphatic rings. The summed E-state index contributed by atoms with van der Waals surface area (Å²) < 4.78 is 10.4. The minimum absolute atomic E-state index is 0.448. The van der Waals surface area contributed by atoms with Crippen molar-refractivity contribution < 1.29 is 19.4 Å². The highest BCUT2D eigenvalue weighted by Gasteiger charge is 2.23. The lowest BCUT2D eigenvalue weighted by atomic mass is 9.98. The van der Waals surface area contributed by atoms with Crippen molar-refractivity contribution in [2.24, 2.45) is 5.92 Å². The lowest BCUT2D eigenvalue weighted by Crippen LogP contribution is -2.39. The summed E-state index contributed by atoms with van der Waals surface area (Å²) in [6.07, 6.45) is 2.26. The predicted octanol–water partition coefficient (Wildman–Crippen LogP) is 1.22. The zero-order chi connectivity index (χ0) is 13.4. The molecule has 0 aliphatic carbocycles. The Hall–Kier alpha value is -0.650. The Labute approximate surface area is 109 Å². The van der Waals surface area contributed by atoms with Crippen LogP contribution in [0.5, 0.6) is 0 Å². The lowest BCUT2D eigenvalue weighted by molar-refractivity contribution is -0.150. The van der Waals surface area contributed by atoms with E-state index >= 15 is 0 Å². The highest BCUT2D eigenvalue weighted by atomic mass is 16.5. The fraction of sp³-hybridized carbons (Fsp3) is 0.923. The third kappa shape index (κ3) is 5.33. The summed E-state index contributed by atoms with van der Waals surface area (Å²) in [5, 5.41) is 9.01. The van der Waals surface area contributed by atoms with Crippen LogP contribution in [0.25, 0.3) is 0 Å². The maximum atomic E-state index is 11.0. The number of carboxylic acid groups (broad SMARTS) is 1.